The van der Waals surface area contributed by atoms with Crippen molar-refractivity contribution in [2.45, 2.75) is 20.8 Å². The van der Waals surface area contributed by atoms with Gasteiger partial charge in [-0.2, -0.15) is 0 Å². The molecule has 0 aliphatic carbocycles. The van der Waals surface area contributed by atoms with Crippen molar-refractivity contribution in [3.8, 4) is 5.69 Å². The molecule has 0 bridgehead atoms. The average Bonchev–Trinajstić information content (AvgIpc) is 2.70. The summed E-state index contributed by atoms with van der Waals surface area (Å²) >= 11 is 0. The number of esters is 1. The molecule has 0 radical (unpaired) electrons. The van der Waals surface area contributed by atoms with Gasteiger partial charge in [0.1, 0.15) is 0 Å². The molecular formula is C14H17N3O2. The smallest absolute Gasteiger partial charge is 0.340 e. The molecule has 0 saturated carbocycles. The van der Waals surface area contributed by atoms with Crippen LogP contribution in [-0.4, -0.2) is 22.1 Å². The van der Waals surface area contributed by atoms with Crippen LogP contribution in [0.1, 0.15) is 28.7 Å². The lowest BCUT2D eigenvalue weighted by Crippen LogP contribution is -2.12. The number of aromatic nitrogens is 2. The molecule has 0 spiro atoms. The molecule has 0 atom stereocenters. The summed E-state index contributed by atoms with van der Waals surface area (Å²) < 4.78 is 6.88. The SMILES string of the molecule is CCOC(=O)c1cccc(N)c1-n1cnc(C)c1C. The first-order chi connectivity index (χ1) is 9.06. The summed E-state index contributed by atoms with van der Waals surface area (Å²) in [7, 11) is 0. The van der Waals surface area contributed by atoms with Crippen LogP contribution in [0, 0.1) is 13.8 Å². The highest BCUT2D eigenvalue weighted by Gasteiger charge is 2.18. The monoisotopic (exact) mass is 259 g/mol. The Morgan fingerprint density at radius 3 is 2.74 bits per heavy atom. The van der Waals surface area contributed by atoms with E-state index in [1.165, 1.54) is 0 Å². The maximum Gasteiger partial charge on any atom is 0.340 e. The maximum absolute atomic E-state index is 12.0. The number of anilines is 1. The summed E-state index contributed by atoms with van der Waals surface area (Å²) in [5, 5.41) is 0. The molecule has 2 rings (SSSR count). The van der Waals surface area contributed by atoms with Crippen LogP contribution in [0.15, 0.2) is 24.5 Å². The van der Waals surface area contributed by atoms with E-state index in [0.29, 0.717) is 23.5 Å². The number of para-hydroxylation sites is 1. The predicted molar refractivity (Wildman–Crippen MR) is 73.4 cm³/mol. The fourth-order valence-corrected chi connectivity index (χ4v) is 1.93. The van der Waals surface area contributed by atoms with Gasteiger partial charge in [0.2, 0.25) is 0 Å². The van der Waals surface area contributed by atoms with Gasteiger partial charge in [0.15, 0.2) is 0 Å². The van der Waals surface area contributed by atoms with E-state index in [2.05, 4.69) is 4.98 Å². The standard InChI is InChI=1S/C14H17N3O2/c1-4-19-14(18)11-6-5-7-12(15)13(11)17-8-16-9(2)10(17)3/h5-8H,4,15H2,1-3H3. The minimum atomic E-state index is -0.379. The Morgan fingerprint density at radius 1 is 1.42 bits per heavy atom. The highest BCUT2D eigenvalue weighted by Crippen LogP contribution is 2.25. The molecular weight excluding hydrogens is 242 g/mol. The first-order valence-electron chi connectivity index (χ1n) is 6.12. The molecule has 0 aliphatic rings. The first kappa shape index (κ1) is 13.1. The van der Waals surface area contributed by atoms with Crippen molar-refractivity contribution < 1.29 is 9.53 Å². The Bertz CT molecular complexity index is 617. The van der Waals surface area contributed by atoms with Gasteiger partial charge in [-0.15, -0.1) is 0 Å². The van der Waals surface area contributed by atoms with Crippen LogP contribution < -0.4 is 5.73 Å². The molecule has 0 fully saturated rings. The van der Waals surface area contributed by atoms with E-state index in [1.807, 2.05) is 18.4 Å². The van der Waals surface area contributed by atoms with Gasteiger partial charge in [0, 0.05) is 5.69 Å². The molecule has 5 nitrogen and oxygen atoms in total. The lowest BCUT2D eigenvalue weighted by atomic mass is 10.1. The quantitative estimate of drug-likeness (QED) is 0.678. The molecule has 0 saturated heterocycles. The van der Waals surface area contributed by atoms with E-state index in [0.717, 1.165) is 11.4 Å². The average molecular weight is 259 g/mol. The van der Waals surface area contributed by atoms with Crippen molar-refractivity contribution >= 4 is 11.7 Å². The minimum absolute atomic E-state index is 0.328. The number of hydrogen-bond donors (Lipinski definition) is 1. The summed E-state index contributed by atoms with van der Waals surface area (Å²) in [5.41, 5.74) is 9.45. The highest BCUT2D eigenvalue weighted by atomic mass is 16.5. The Hall–Kier alpha value is -2.30. The predicted octanol–water partition coefficient (Wildman–Crippen LogP) is 2.25. The van der Waals surface area contributed by atoms with Crippen LogP contribution in [0.2, 0.25) is 0 Å². The third kappa shape index (κ3) is 2.31. The van der Waals surface area contributed by atoms with Gasteiger partial charge in [-0.05, 0) is 32.9 Å². The van der Waals surface area contributed by atoms with E-state index >= 15 is 0 Å². The van der Waals surface area contributed by atoms with Crippen LogP contribution >= 0.6 is 0 Å². The molecule has 0 unspecified atom stereocenters. The number of ether oxygens (including phenoxy) is 1. The normalized spacial score (nSPS) is 10.5. The Kier molecular flexibility index (Phi) is 3.55. The van der Waals surface area contributed by atoms with Gasteiger partial charge in [-0.1, -0.05) is 6.07 Å². The minimum Gasteiger partial charge on any atom is -0.462 e. The van der Waals surface area contributed by atoms with Crippen molar-refractivity contribution in [1.29, 1.82) is 0 Å². The van der Waals surface area contributed by atoms with E-state index in [4.69, 9.17) is 10.5 Å². The van der Waals surface area contributed by atoms with Crippen LogP contribution in [0.5, 0.6) is 0 Å². The largest absolute Gasteiger partial charge is 0.462 e. The Balaban J connectivity index is 2.62. The lowest BCUT2D eigenvalue weighted by molar-refractivity contribution is 0.0526. The summed E-state index contributed by atoms with van der Waals surface area (Å²) in [6.07, 6.45) is 1.67. The number of rotatable bonds is 3. The second-order valence-corrected chi connectivity index (χ2v) is 4.25. The van der Waals surface area contributed by atoms with Crippen molar-refractivity contribution in [1.82, 2.24) is 9.55 Å². The summed E-state index contributed by atoms with van der Waals surface area (Å²) in [5.74, 6) is -0.379. The van der Waals surface area contributed by atoms with E-state index in [9.17, 15) is 4.79 Å². The van der Waals surface area contributed by atoms with Gasteiger partial charge in [0.05, 0.1) is 35.6 Å². The Morgan fingerprint density at radius 2 is 2.16 bits per heavy atom. The van der Waals surface area contributed by atoms with Crippen LogP contribution in [0.3, 0.4) is 0 Å². The summed E-state index contributed by atoms with van der Waals surface area (Å²) in [6, 6.07) is 5.20. The number of imidazole rings is 1. The van der Waals surface area contributed by atoms with Crippen molar-refractivity contribution in [2.24, 2.45) is 0 Å². The third-order valence-corrected chi connectivity index (χ3v) is 3.06. The van der Waals surface area contributed by atoms with Crippen molar-refractivity contribution in [3.05, 3.63) is 41.5 Å². The molecule has 5 heteroatoms. The highest BCUT2D eigenvalue weighted by molar-refractivity contribution is 5.96. The molecule has 1 aromatic carbocycles. The zero-order chi connectivity index (χ0) is 14.0. The number of carbonyl (C=O) groups is 1. The molecule has 0 amide bonds. The van der Waals surface area contributed by atoms with Gasteiger partial charge >= 0.3 is 5.97 Å². The molecule has 2 aromatic rings. The summed E-state index contributed by atoms with van der Waals surface area (Å²) in [6.45, 7) is 5.95. The van der Waals surface area contributed by atoms with Gasteiger partial charge < -0.3 is 15.0 Å². The second kappa shape index (κ2) is 5.14. The Labute approximate surface area is 112 Å². The van der Waals surface area contributed by atoms with E-state index in [1.54, 1.807) is 31.5 Å². The van der Waals surface area contributed by atoms with Gasteiger partial charge in [-0.3, -0.25) is 0 Å². The molecule has 19 heavy (non-hydrogen) atoms. The van der Waals surface area contributed by atoms with Crippen molar-refractivity contribution in [3.63, 3.8) is 0 Å². The molecule has 1 aromatic heterocycles. The number of nitrogens with two attached hydrogens (primary N) is 1. The second-order valence-electron chi connectivity index (χ2n) is 4.25. The van der Waals surface area contributed by atoms with Gasteiger partial charge in [-0.25, -0.2) is 9.78 Å². The van der Waals surface area contributed by atoms with Crippen LogP contribution in [-0.2, 0) is 4.74 Å². The molecule has 100 valence electrons. The fraction of sp³-hybridized carbons (Fsp3) is 0.286. The van der Waals surface area contributed by atoms with Crippen LogP contribution in [0.25, 0.3) is 5.69 Å². The summed E-state index contributed by atoms with van der Waals surface area (Å²) in [4.78, 5) is 16.2. The topological polar surface area (TPSA) is 70.1 Å². The van der Waals surface area contributed by atoms with Gasteiger partial charge in [0.25, 0.3) is 0 Å². The zero-order valence-electron chi connectivity index (χ0n) is 11.3. The van der Waals surface area contributed by atoms with E-state index in [-0.39, 0.29) is 5.97 Å². The first-order valence-corrected chi connectivity index (χ1v) is 6.12. The lowest BCUT2D eigenvalue weighted by Gasteiger charge is -2.13. The van der Waals surface area contributed by atoms with Crippen molar-refractivity contribution in [2.75, 3.05) is 12.3 Å². The fourth-order valence-electron chi connectivity index (χ4n) is 1.93. The van der Waals surface area contributed by atoms with E-state index < -0.39 is 0 Å². The number of carbonyl (C=O) groups excluding carboxylic acids is 1. The number of hydrogen-bond acceptors (Lipinski definition) is 4. The number of aryl methyl sites for hydroxylation is 1. The third-order valence-electron chi connectivity index (χ3n) is 3.06. The zero-order valence-corrected chi connectivity index (χ0v) is 11.3. The number of nitrogens with zero attached hydrogens (tertiary/aromatic N) is 2. The maximum atomic E-state index is 12.0. The molecule has 0 aliphatic heterocycles. The molecule has 1 heterocycles. The number of benzene rings is 1. The van der Waals surface area contributed by atoms with Crippen LogP contribution in [0.4, 0.5) is 5.69 Å². The molecule has 2 N–H and O–H groups in total. The number of nitrogen functional groups attached to an aromatic ring is 1.